The van der Waals surface area contributed by atoms with Gasteiger partial charge in [0.1, 0.15) is 22.6 Å². The van der Waals surface area contributed by atoms with Gasteiger partial charge >= 0.3 is 23.9 Å². The zero-order valence-corrected chi connectivity index (χ0v) is 46.6. The smallest absolute Gasteiger partial charge is 0.381 e. The predicted octanol–water partition coefficient (Wildman–Crippen LogP) is 3.90. The number of carbonyl (C=O) groups is 6. The molecule has 0 saturated carbocycles. The van der Waals surface area contributed by atoms with Gasteiger partial charge in [0.05, 0.1) is 0 Å². The third-order valence-electron chi connectivity index (χ3n) is 4.67. The van der Waals surface area contributed by atoms with Gasteiger partial charge in [-0.25, -0.2) is 14.4 Å². The van der Waals surface area contributed by atoms with Crippen LogP contribution in [0.1, 0.15) is 108 Å². The number of aromatic carboxylic acids is 2. The molecule has 0 amide bonds. The first kappa shape index (κ1) is 66.8. The van der Waals surface area contributed by atoms with Crippen molar-refractivity contribution in [3.8, 4) is 11.5 Å². The standard InChI is InChI=1S/C15H22O3.C7H6O3.C5H6O4.C4H10.CH2O2.5In/c1-14(2,3)9-7-10(13(17)18)12(16)11(8-9)15(4,5)6;8-6-4-2-1-3-5(6)7(9)10;1-3(6)5(8)9-4(2)7;1-4(2)3;2-1-3;;;;;/h7-8,16H,1-6H3,(H,17,18);1-4,8H,(H,9,10);1-2H3;4H,1-3H3;1H,(H,2,3);;;;;. The Labute approximate surface area is 382 Å². The van der Waals surface area contributed by atoms with Gasteiger partial charge in [-0.1, -0.05) is 80.5 Å². The summed E-state index contributed by atoms with van der Waals surface area (Å²) in [5, 5.41) is 43.5. The van der Waals surface area contributed by atoms with Gasteiger partial charge in [0, 0.05) is 149 Å². The molecule has 0 saturated heterocycles. The van der Waals surface area contributed by atoms with Gasteiger partial charge in [0.25, 0.3) is 6.47 Å². The van der Waals surface area contributed by atoms with Crippen molar-refractivity contribution in [1.29, 1.82) is 0 Å². The average Bonchev–Trinajstić information content (AvgIpc) is 2.83. The van der Waals surface area contributed by atoms with E-state index in [-0.39, 0.29) is 169 Å². The van der Waals surface area contributed by atoms with Gasteiger partial charge in [-0.05, 0) is 40.5 Å². The number of aromatic hydroxyl groups is 2. The van der Waals surface area contributed by atoms with Gasteiger partial charge in [0.15, 0.2) is 0 Å². The fourth-order valence-electron chi connectivity index (χ4n) is 2.66. The maximum Gasteiger partial charge on any atom is 0.381 e. The third-order valence-corrected chi connectivity index (χ3v) is 4.67. The molecule has 0 aromatic heterocycles. The topological polar surface area (TPSA) is 213 Å². The zero-order chi connectivity index (χ0) is 35.6. The SMILES string of the molecule is CC(=O)OC(=O)C(C)=O.CC(C)(C)c1cc(C(=O)O)c(O)c(C(C)(C)C)c1.CC(C)C.O=C(O)c1ccccc1O.O=CO.[In].[In].[In].[In].[In]. The molecule has 0 atom stereocenters. The van der Waals surface area contributed by atoms with Crippen LogP contribution >= 0.6 is 0 Å². The first-order chi connectivity index (χ1) is 19.8. The van der Waals surface area contributed by atoms with E-state index in [0.717, 1.165) is 25.3 Å². The summed E-state index contributed by atoms with van der Waals surface area (Å²) in [6.07, 6.45) is 0. The third kappa shape index (κ3) is 33.2. The van der Waals surface area contributed by atoms with Gasteiger partial charge in [-0.15, -0.1) is 0 Å². The van der Waals surface area contributed by atoms with E-state index < -0.39 is 29.7 Å². The molecular formula is C32H46In5O12. The summed E-state index contributed by atoms with van der Waals surface area (Å²) in [4.78, 5) is 60.0. The largest absolute Gasteiger partial charge is 0.507 e. The van der Waals surface area contributed by atoms with Gasteiger partial charge < -0.3 is 30.3 Å². The summed E-state index contributed by atoms with van der Waals surface area (Å²) in [6, 6.07) is 9.28. The summed E-state index contributed by atoms with van der Waals surface area (Å²) >= 11 is 0. The fourth-order valence-corrected chi connectivity index (χ4v) is 2.66. The van der Waals surface area contributed by atoms with E-state index >= 15 is 0 Å². The number of benzene rings is 2. The number of carbonyl (C=O) groups excluding carboxylic acids is 3. The Bertz CT molecular complexity index is 1280. The summed E-state index contributed by atoms with van der Waals surface area (Å²) < 4.78 is 3.88. The maximum atomic E-state index is 11.2. The van der Waals surface area contributed by atoms with E-state index in [2.05, 4.69) is 25.5 Å². The van der Waals surface area contributed by atoms with Crippen molar-refractivity contribution in [2.24, 2.45) is 5.92 Å². The van der Waals surface area contributed by atoms with Crippen molar-refractivity contribution in [3.63, 3.8) is 0 Å². The molecule has 2 aromatic rings. The van der Waals surface area contributed by atoms with Crippen LogP contribution in [-0.2, 0) is 34.7 Å². The van der Waals surface area contributed by atoms with E-state index in [4.69, 9.17) is 20.1 Å². The van der Waals surface area contributed by atoms with E-state index in [1.165, 1.54) is 12.1 Å². The van der Waals surface area contributed by atoms with Crippen molar-refractivity contribution in [3.05, 3.63) is 58.7 Å². The van der Waals surface area contributed by atoms with Gasteiger partial charge in [0.2, 0.25) is 5.78 Å². The van der Waals surface area contributed by atoms with Crippen LogP contribution in [-0.4, -0.2) is 191 Å². The quantitative estimate of drug-likeness (QED) is 0.128. The maximum absolute atomic E-state index is 11.2. The molecule has 261 valence electrons. The molecule has 0 spiro atoms. The number of phenols is 2. The van der Waals surface area contributed by atoms with Crippen LogP contribution in [0, 0.1) is 5.92 Å². The second-order valence-corrected chi connectivity index (χ2v) is 11.8. The normalized spacial score (nSPS) is 8.98. The van der Waals surface area contributed by atoms with E-state index in [1.54, 1.807) is 18.2 Å². The summed E-state index contributed by atoms with van der Waals surface area (Å²) in [6.45, 7) is 20.3. The number of para-hydroxylation sites is 1. The first-order valence-electron chi connectivity index (χ1n) is 13.3. The van der Waals surface area contributed by atoms with Crippen LogP contribution in [0.3, 0.4) is 0 Å². The molecule has 0 aliphatic heterocycles. The van der Waals surface area contributed by atoms with Crippen molar-refractivity contribution in [2.45, 2.75) is 87.0 Å². The van der Waals surface area contributed by atoms with E-state index in [0.29, 0.717) is 5.56 Å². The van der Waals surface area contributed by atoms with Crippen molar-refractivity contribution >= 4 is 165 Å². The number of ketones is 1. The molecule has 0 aliphatic carbocycles. The van der Waals surface area contributed by atoms with Crippen LogP contribution in [0.5, 0.6) is 11.5 Å². The molecule has 15 radical (unpaired) electrons. The number of rotatable bonds is 3. The van der Waals surface area contributed by atoms with Crippen LogP contribution < -0.4 is 0 Å². The molecule has 0 fully saturated rings. The molecule has 12 nitrogen and oxygen atoms in total. The molecule has 17 heteroatoms. The van der Waals surface area contributed by atoms with Crippen LogP contribution in [0.15, 0.2) is 36.4 Å². The summed E-state index contributed by atoms with van der Waals surface area (Å²) in [5.41, 5.74) is 1.05. The van der Waals surface area contributed by atoms with Gasteiger partial charge in [-0.3, -0.25) is 14.4 Å². The number of hydrogen-bond donors (Lipinski definition) is 5. The number of Topliss-reactive ketones (excluding diaryl/α,β-unsaturated/α-hetero) is 1. The molecule has 0 bridgehead atoms. The number of esters is 2. The number of carboxylic acids is 2. The Hall–Kier alpha value is -0.389. The molecule has 2 aromatic carbocycles. The first-order valence-corrected chi connectivity index (χ1v) is 13.3. The Morgan fingerprint density at radius 3 is 1.31 bits per heavy atom. The molecular weight excluding hydrogens is 1150 g/mol. The van der Waals surface area contributed by atoms with Crippen molar-refractivity contribution in [1.82, 2.24) is 0 Å². The minimum atomic E-state index is -1.11. The molecule has 2 rings (SSSR count). The second kappa shape index (κ2) is 33.4. The summed E-state index contributed by atoms with van der Waals surface area (Å²) in [7, 11) is 0. The Morgan fingerprint density at radius 2 is 1.08 bits per heavy atom. The predicted molar refractivity (Wildman–Crippen MR) is 193 cm³/mol. The Kier molecular flexibility index (Phi) is 45.6. The second-order valence-electron chi connectivity index (χ2n) is 11.8. The van der Waals surface area contributed by atoms with E-state index in [1.807, 2.05) is 47.6 Å². The van der Waals surface area contributed by atoms with Crippen molar-refractivity contribution in [2.75, 3.05) is 0 Å². The van der Waals surface area contributed by atoms with E-state index in [9.17, 15) is 34.2 Å². The average molecular weight is 1200 g/mol. The molecule has 0 heterocycles. The minimum absolute atomic E-state index is 0. The summed E-state index contributed by atoms with van der Waals surface area (Å²) in [5.74, 6) is -4.34. The van der Waals surface area contributed by atoms with Gasteiger partial charge in [-0.2, -0.15) is 0 Å². The molecule has 49 heavy (non-hydrogen) atoms. The Morgan fingerprint density at radius 1 is 0.714 bits per heavy atom. The molecule has 0 aliphatic rings. The van der Waals surface area contributed by atoms with Crippen LogP contribution in [0.2, 0.25) is 0 Å². The fraction of sp³-hybridized carbons (Fsp3) is 0.438. The monoisotopic (exact) mass is 1200 g/mol. The number of ether oxygens (including phenoxy) is 1. The molecule has 5 N–H and O–H groups in total. The number of carboxylic acid groups (broad SMARTS) is 3. The van der Waals surface area contributed by atoms with Crippen LogP contribution in [0.4, 0.5) is 0 Å². The number of hydrogen-bond acceptors (Lipinski definition) is 9. The van der Waals surface area contributed by atoms with Crippen LogP contribution in [0.25, 0.3) is 0 Å². The molecule has 0 unspecified atom stereocenters. The Balaban J connectivity index is -0.0000000784. The van der Waals surface area contributed by atoms with Crippen molar-refractivity contribution < 1.29 is 59.0 Å². The zero-order valence-electron chi connectivity index (χ0n) is 30.1. The minimum Gasteiger partial charge on any atom is -0.507 e.